The van der Waals surface area contributed by atoms with E-state index in [0.717, 1.165) is 11.1 Å². The molecule has 0 spiro atoms. The molecule has 6 heteroatoms. The minimum absolute atomic E-state index is 0.283. The largest absolute Gasteiger partial charge is 0.489 e. The van der Waals surface area contributed by atoms with E-state index in [2.05, 4.69) is 10.5 Å². The summed E-state index contributed by atoms with van der Waals surface area (Å²) < 4.78 is 5.72. The fourth-order valence-electron chi connectivity index (χ4n) is 2.40. The molecule has 0 atom stereocenters. The number of carbonyl (C=O) groups is 1. The van der Waals surface area contributed by atoms with Gasteiger partial charge in [-0.2, -0.15) is 5.10 Å². The highest BCUT2D eigenvalue weighted by Gasteiger charge is 2.05. The summed E-state index contributed by atoms with van der Waals surface area (Å²) in [6.45, 7) is 0.366. The van der Waals surface area contributed by atoms with Crippen LogP contribution in [0.5, 0.6) is 5.75 Å². The van der Waals surface area contributed by atoms with Crippen molar-refractivity contribution in [3.8, 4) is 5.75 Å². The molecule has 4 nitrogen and oxygen atoms in total. The lowest BCUT2D eigenvalue weighted by Gasteiger charge is -2.08. The van der Waals surface area contributed by atoms with Crippen molar-refractivity contribution in [2.75, 3.05) is 6.26 Å². The van der Waals surface area contributed by atoms with Crippen molar-refractivity contribution >= 4 is 35.5 Å². The van der Waals surface area contributed by atoms with Gasteiger partial charge in [0.15, 0.2) is 0 Å². The summed E-state index contributed by atoms with van der Waals surface area (Å²) >= 11 is 7.79. The summed E-state index contributed by atoms with van der Waals surface area (Å²) in [4.78, 5) is 13.4. The molecule has 0 bridgehead atoms. The van der Waals surface area contributed by atoms with E-state index in [1.165, 1.54) is 4.90 Å². The summed E-state index contributed by atoms with van der Waals surface area (Å²) in [5.74, 6) is 0.378. The van der Waals surface area contributed by atoms with Gasteiger partial charge in [-0.15, -0.1) is 11.8 Å². The highest BCUT2D eigenvalue weighted by atomic mass is 35.5. The van der Waals surface area contributed by atoms with Crippen LogP contribution in [0.1, 0.15) is 21.5 Å². The number of thioether (sulfide) groups is 1. The van der Waals surface area contributed by atoms with Crippen molar-refractivity contribution in [3.05, 3.63) is 94.5 Å². The third-order valence-electron chi connectivity index (χ3n) is 3.96. The van der Waals surface area contributed by atoms with Crippen molar-refractivity contribution in [1.29, 1.82) is 0 Å². The molecular weight excluding hydrogens is 392 g/mol. The molecule has 1 N–H and O–H groups in total. The minimum atomic E-state index is -0.283. The zero-order valence-electron chi connectivity index (χ0n) is 15.3. The number of amides is 1. The fourth-order valence-corrected chi connectivity index (χ4v) is 3.00. The topological polar surface area (TPSA) is 50.7 Å². The maximum atomic E-state index is 12.2. The van der Waals surface area contributed by atoms with Crippen LogP contribution in [-0.4, -0.2) is 18.4 Å². The Hall–Kier alpha value is -2.76. The van der Waals surface area contributed by atoms with Crippen LogP contribution in [-0.2, 0) is 6.61 Å². The highest BCUT2D eigenvalue weighted by molar-refractivity contribution is 7.98. The Morgan fingerprint density at radius 2 is 1.79 bits per heavy atom. The summed E-state index contributed by atoms with van der Waals surface area (Å²) in [5, 5.41) is 4.67. The lowest BCUT2D eigenvalue weighted by atomic mass is 10.2. The van der Waals surface area contributed by atoms with Gasteiger partial charge in [-0.1, -0.05) is 41.9 Å². The second-order valence-electron chi connectivity index (χ2n) is 5.88. The molecule has 0 aliphatic heterocycles. The van der Waals surface area contributed by atoms with E-state index < -0.39 is 0 Å². The van der Waals surface area contributed by atoms with E-state index in [4.69, 9.17) is 16.3 Å². The Kier molecular flexibility index (Phi) is 7.12. The van der Waals surface area contributed by atoms with Gasteiger partial charge in [-0.3, -0.25) is 4.79 Å². The molecule has 28 heavy (non-hydrogen) atoms. The Balaban J connectivity index is 1.53. The standard InChI is InChI=1S/C22H19ClN2O2S/c1-28-20-12-6-16(7-13-20)14-24-25-22(26)17-8-10-19(11-9-17)27-15-18-4-2-3-5-21(18)23/h2-14H,15H2,1H3,(H,25,26)/b24-14-. The van der Waals surface area contributed by atoms with Gasteiger partial charge >= 0.3 is 0 Å². The van der Waals surface area contributed by atoms with Crippen LogP contribution in [0.25, 0.3) is 0 Å². The average Bonchev–Trinajstić information content (AvgIpc) is 2.74. The van der Waals surface area contributed by atoms with Crippen LogP contribution in [0.3, 0.4) is 0 Å². The molecule has 0 unspecified atom stereocenters. The van der Waals surface area contributed by atoms with Crippen molar-refractivity contribution in [1.82, 2.24) is 5.43 Å². The van der Waals surface area contributed by atoms with Crippen molar-refractivity contribution in [2.24, 2.45) is 5.10 Å². The van der Waals surface area contributed by atoms with Gasteiger partial charge in [0, 0.05) is 21.0 Å². The number of hydrazone groups is 1. The monoisotopic (exact) mass is 410 g/mol. The first-order valence-corrected chi connectivity index (χ1v) is 10.2. The van der Waals surface area contributed by atoms with Crippen LogP contribution in [0.2, 0.25) is 5.02 Å². The molecule has 0 saturated carbocycles. The molecule has 0 heterocycles. The van der Waals surface area contributed by atoms with Crippen LogP contribution in [0, 0.1) is 0 Å². The highest BCUT2D eigenvalue weighted by Crippen LogP contribution is 2.19. The molecule has 1 amide bonds. The van der Waals surface area contributed by atoms with Crippen molar-refractivity contribution in [3.63, 3.8) is 0 Å². The van der Waals surface area contributed by atoms with Crippen LogP contribution < -0.4 is 10.2 Å². The third-order valence-corrected chi connectivity index (χ3v) is 5.08. The smallest absolute Gasteiger partial charge is 0.271 e. The number of benzene rings is 3. The SMILES string of the molecule is CSc1ccc(/C=N\NC(=O)c2ccc(OCc3ccccc3Cl)cc2)cc1. The summed E-state index contributed by atoms with van der Waals surface area (Å²) in [7, 11) is 0. The van der Waals surface area contributed by atoms with Crippen LogP contribution in [0.4, 0.5) is 0 Å². The lowest BCUT2D eigenvalue weighted by Crippen LogP contribution is -2.17. The van der Waals surface area contributed by atoms with Gasteiger partial charge in [-0.05, 0) is 54.3 Å². The van der Waals surface area contributed by atoms with E-state index in [1.807, 2.05) is 54.8 Å². The molecule has 0 aliphatic carbocycles. The molecule has 0 aromatic heterocycles. The molecule has 0 saturated heterocycles. The van der Waals surface area contributed by atoms with E-state index >= 15 is 0 Å². The first-order valence-electron chi connectivity index (χ1n) is 8.59. The fraction of sp³-hybridized carbons (Fsp3) is 0.0909. The Morgan fingerprint density at radius 1 is 1.07 bits per heavy atom. The third kappa shape index (κ3) is 5.62. The number of ether oxygens (including phenoxy) is 1. The molecule has 0 radical (unpaired) electrons. The van der Waals surface area contributed by atoms with E-state index in [0.29, 0.717) is 22.9 Å². The number of halogens is 1. The summed E-state index contributed by atoms with van der Waals surface area (Å²) in [5.41, 5.74) is 4.85. The van der Waals surface area contributed by atoms with Crippen molar-refractivity contribution < 1.29 is 9.53 Å². The Labute approximate surface area is 173 Å². The molecule has 0 fully saturated rings. The first kappa shape index (κ1) is 20.0. The quantitative estimate of drug-likeness (QED) is 0.322. The van der Waals surface area contributed by atoms with Gasteiger partial charge in [0.25, 0.3) is 5.91 Å². The zero-order valence-corrected chi connectivity index (χ0v) is 16.8. The molecule has 3 aromatic carbocycles. The van der Waals surface area contributed by atoms with Gasteiger partial charge in [-0.25, -0.2) is 5.43 Å². The molecule has 142 valence electrons. The molecule has 3 aromatic rings. The van der Waals surface area contributed by atoms with E-state index in [9.17, 15) is 4.79 Å². The van der Waals surface area contributed by atoms with Gasteiger partial charge in [0.1, 0.15) is 12.4 Å². The normalized spacial score (nSPS) is 10.8. The number of hydrogen-bond acceptors (Lipinski definition) is 4. The number of hydrogen-bond donors (Lipinski definition) is 1. The maximum absolute atomic E-state index is 12.2. The predicted octanol–water partition coefficient (Wildman–Crippen LogP) is 5.40. The molecule has 0 aliphatic rings. The average molecular weight is 411 g/mol. The number of rotatable bonds is 7. The van der Waals surface area contributed by atoms with Gasteiger partial charge in [0.2, 0.25) is 0 Å². The predicted molar refractivity (Wildman–Crippen MR) is 116 cm³/mol. The van der Waals surface area contributed by atoms with Gasteiger partial charge < -0.3 is 4.74 Å². The summed E-state index contributed by atoms with van der Waals surface area (Å²) in [6, 6.07) is 22.3. The van der Waals surface area contributed by atoms with Crippen LogP contribution in [0.15, 0.2) is 82.8 Å². The number of nitrogens with zero attached hydrogens (tertiary/aromatic N) is 1. The van der Waals surface area contributed by atoms with Crippen LogP contribution >= 0.6 is 23.4 Å². The Morgan fingerprint density at radius 3 is 2.46 bits per heavy atom. The second-order valence-corrected chi connectivity index (χ2v) is 7.16. The minimum Gasteiger partial charge on any atom is -0.489 e. The molecular formula is C22H19ClN2O2S. The zero-order chi connectivity index (χ0) is 19.8. The van der Waals surface area contributed by atoms with E-state index in [-0.39, 0.29) is 5.91 Å². The van der Waals surface area contributed by atoms with Gasteiger partial charge in [0.05, 0.1) is 6.21 Å². The lowest BCUT2D eigenvalue weighted by molar-refractivity contribution is 0.0955. The first-order chi connectivity index (χ1) is 13.7. The maximum Gasteiger partial charge on any atom is 0.271 e. The Bertz CT molecular complexity index is 957. The summed E-state index contributed by atoms with van der Waals surface area (Å²) in [6.07, 6.45) is 3.64. The van der Waals surface area contributed by atoms with Crippen molar-refractivity contribution in [2.45, 2.75) is 11.5 Å². The van der Waals surface area contributed by atoms with E-state index in [1.54, 1.807) is 42.2 Å². The second kappa shape index (κ2) is 9.97. The molecule has 3 rings (SSSR count). The number of nitrogens with one attached hydrogen (secondary N) is 1. The number of carbonyl (C=O) groups excluding carboxylic acids is 1.